The van der Waals surface area contributed by atoms with Gasteiger partial charge in [0, 0.05) is 4.90 Å². The number of aryl methyl sites for hydroxylation is 1. The fourth-order valence-electron chi connectivity index (χ4n) is 2.36. The largest absolute Gasteiger partial charge is 0.143 e. The van der Waals surface area contributed by atoms with E-state index in [-0.39, 0.29) is 0 Å². The van der Waals surface area contributed by atoms with Crippen LogP contribution in [-0.2, 0) is 0 Å². The Labute approximate surface area is 119 Å². The second-order valence-electron chi connectivity index (χ2n) is 4.97. The first kappa shape index (κ1) is 12.3. The van der Waals surface area contributed by atoms with E-state index in [1.54, 1.807) is 0 Å². The molecule has 0 nitrogen and oxygen atoms in total. The van der Waals surface area contributed by atoms with Gasteiger partial charge in [-0.15, -0.1) is 12.6 Å². The average molecular weight is 264 g/mol. The summed E-state index contributed by atoms with van der Waals surface area (Å²) >= 11 is 4.33. The Hall–Kier alpha value is -1.73. The molecule has 0 spiro atoms. The van der Waals surface area contributed by atoms with Gasteiger partial charge >= 0.3 is 0 Å². The van der Waals surface area contributed by atoms with Crippen molar-refractivity contribution in [1.82, 2.24) is 0 Å². The number of benzene rings is 2. The Morgan fingerprint density at radius 1 is 0.737 bits per heavy atom. The van der Waals surface area contributed by atoms with Crippen LogP contribution in [0.5, 0.6) is 0 Å². The van der Waals surface area contributed by atoms with Crippen LogP contribution in [0.25, 0.3) is 11.1 Å². The van der Waals surface area contributed by atoms with E-state index in [0.717, 1.165) is 11.3 Å². The molecule has 0 N–H and O–H groups in total. The predicted octanol–water partition coefficient (Wildman–Crippen LogP) is 5.15. The van der Waals surface area contributed by atoms with Crippen molar-refractivity contribution in [3.05, 3.63) is 77.4 Å². The standard InChI is InChI=1S/C18H16S/c1-13-2-4-14(5-3-13)16-6-7-17(12-16)15-8-10-18(19)11-9-15/h2-11,19H,12H2,1H3. The number of allylic oxidation sites excluding steroid dienone is 4. The molecule has 0 aliphatic heterocycles. The van der Waals surface area contributed by atoms with Crippen molar-refractivity contribution in [2.45, 2.75) is 18.2 Å². The van der Waals surface area contributed by atoms with Gasteiger partial charge in [-0.05, 0) is 47.8 Å². The summed E-state index contributed by atoms with van der Waals surface area (Å²) in [5.74, 6) is 0. The maximum absolute atomic E-state index is 4.33. The molecule has 0 heterocycles. The molecule has 2 aromatic carbocycles. The highest BCUT2D eigenvalue weighted by Crippen LogP contribution is 2.34. The van der Waals surface area contributed by atoms with E-state index in [4.69, 9.17) is 0 Å². The van der Waals surface area contributed by atoms with Crippen LogP contribution in [0, 0.1) is 6.92 Å². The summed E-state index contributed by atoms with van der Waals surface area (Å²) in [7, 11) is 0. The fraction of sp³-hybridized carbons (Fsp3) is 0.111. The molecule has 0 radical (unpaired) electrons. The first-order valence-corrected chi connectivity index (χ1v) is 6.93. The van der Waals surface area contributed by atoms with Crippen LogP contribution in [0.1, 0.15) is 23.1 Å². The molecule has 1 aliphatic carbocycles. The van der Waals surface area contributed by atoms with Gasteiger partial charge in [-0.1, -0.05) is 54.1 Å². The lowest BCUT2D eigenvalue weighted by molar-refractivity contribution is 1.38. The molecule has 1 aliphatic rings. The number of rotatable bonds is 2. The maximum atomic E-state index is 4.33. The molecule has 0 atom stereocenters. The Morgan fingerprint density at radius 3 is 1.74 bits per heavy atom. The van der Waals surface area contributed by atoms with Crippen molar-refractivity contribution in [3.63, 3.8) is 0 Å². The van der Waals surface area contributed by atoms with Crippen LogP contribution in [0.2, 0.25) is 0 Å². The molecule has 0 aromatic heterocycles. The van der Waals surface area contributed by atoms with Crippen molar-refractivity contribution in [2.75, 3.05) is 0 Å². The molecule has 1 heteroatoms. The van der Waals surface area contributed by atoms with E-state index < -0.39 is 0 Å². The van der Waals surface area contributed by atoms with Crippen LogP contribution in [0.4, 0.5) is 0 Å². The summed E-state index contributed by atoms with van der Waals surface area (Å²) in [4.78, 5) is 1.01. The first-order valence-electron chi connectivity index (χ1n) is 6.48. The van der Waals surface area contributed by atoms with E-state index in [0.29, 0.717) is 0 Å². The lowest BCUT2D eigenvalue weighted by Gasteiger charge is -2.07. The Bertz CT molecular complexity index is 584. The highest BCUT2D eigenvalue weighted by molar-refractivity contribution is 7.80. The second kappa shape index (κ2) is 5.10. The highest BCUT2D eigenvalue weighted by Gasteiger charge is 2.11. The normalized spacial score (nSPS) is 14.2. The smallest absolute Gasteiger partial charge is 0.00403 e. The van der Waals surface area contributed by atoms with E-state index in [1.807, 2.05) is 12.1 Å². The molecule has 3 rings (SSSR count). The topological polar surface area (TPSA) is 0 Å². The molecule has 19 heavy (non-hydrogen) atoms. The third kappa shape index (κ3) is 2.66. The Kier molecular flexibility index (Phi) is 3.31. The van der Waals surface area contributed by atoms with Gasteiger partial charge in [0.15, 0.2) is 0 Å². The van der Waals surface area contributed by atoms with Gasteiger partial charge in [-0.3, -0.25) is 0 Å². The van der Waals surface area contributed by atoms with E-state index >= 15 is 0 Å². The summed E-state index contributed by atoms with van der Waals surface area (Å²) in [6.45, 7) is 2.12. The molecule has 0 saturated carbocycles. The van der Waals surface area contributed by atoms with Crippen LogP contribution in [0.3, 0.4) is 0 Å². The maximum Gasteiger partial charge on any atom is 0.00403 e. The molecule has 2 aromatic rings. The quantitative estimate of drug-likeness (QED) is 0.712. The minimum absolute atomic E-state index is 1.01. The molecule has 0 fully saturated rings. The number of hydrogen-bond donors (Lipinski definition) is 1. The molecular formula is C18H16S. The van der Waals surface area contributed by atoms with Crippen molar-refractivity contribution in [1.29, 1.82) is 0 Å². The summed E-state index contributed by atoms with van der Waals surface area (Å²) in [5, 5.41) is 0. The monoisotopic (exact) mass is 264 g/mol. The van der Waals surface area contributed by atoms with Crippen LogP contribution < -0.4 is 0 Å². The summed E-state index contributed by atoms with van der Waals surface area (Å²) in [5.41, 5.74) is 6.69. The lowest BCUT2D eigenvalue weighted by atomic mass is 9.98. The Balaban J connectivity index is 1.78. The van der Waals surface area contributed by atoms with Crippen molar-refractivity contribution in [2.24, 2.45) is 0 Å². The zero-order chi connectivity index (χ0) is 13.2. The van der Waals surface area contributed by atoms with Gasteiger partial charge in [0.1, 0.15) is 0 Å². The molecule has 94 valence electrons. The van der Waals surface area contributed by atoms with Crippen molar-refractivity contribution < 1.29 is 0 Å². The second-order valence-corrected chi connectivity index (χ2v) is 5.49. The van der Waals surface area contributed by atoms with Gasteiger partial charge in [0.25, 0.3) is 0 Å². The zero-order valence-electron chi connectivity index (χ0n) is 10.9. The van der Waals surface area contributed by atoms with Crippen LogP contribution >= 0.6 is 12.6 Å². The van der Waals surface area contributed by atoms with Gasteiger partial charge in [0.2, 0.25) is 0 Å². The van der Waals surface area contributed by atoms with E-state index in [1.165, 1.54) is 27.8 Å². The van der Waals surface area contributed by atoms with Gasteiger partial charge in [-0.25, -0.2) is 0 Å². The number of hydrogen-bond acceptors (Lipinski definition) is 1. The first-order chi connectivity index (χ1) is 9.22. The van der Waals surface area contributed by atoms with E-state index in [2.05, 4.69) is 68.1 Å². The van der Waals surface area contributed by atoms with Crippen molar-refractivity contribution >= 4 is 23.8 Å². The zero-order valence-corrected chi connectivity index (χ0v) is 11.8. The van der Waals surface area contributed by atoms with Crippen LogP contribution in [-0.4, -0.2) is 0 Å². The molecule has 0 amide bonds. The third-order valence-electron chi connectivity index (χ3n) is 3.53. The Morgan fingerprint density at radius 2 is 1.21 bits per heavy atom. The minimum Gasteiger partial charge on any atom is -0.143 e. The minimum atomic E-state index is 1.01. The summed E-state index contributed by atoms with van der Waals surface area (Å²) < 4.78 is 0. The van der Waals surface area contributed by atoms with Gasteiger partial charge in [-0.2, -0.15) is 0 Å². The van der Waals surface area contributed by atoms with Crippen LogP contribution in [0.15, 0.2) is 65.6 Å². The molecular weight excluding hydrogens is 248 g/mol. The summed E-state index contributed by atoms with van der Waals surface area (Å²) in [6, 6.07) is 17.1. The lowest BCUT2D eigenvalue weighted by Crippen LogP contribution is -1.85. The average Bonchev–Trinajstić information content (AvgIpc) is 2.90. The van der Waals surface area contributed by atoms with Gasteiger partial charge in [0.05, 0.1) is 0 Å². The fourth-order valence-corrected chi connectivity index (χ4v) is 2.51. The third-order valence-corrected chi connectivity index (χ3v) is 3.83. The highest BCUT2D eigenvalue weighted by atomic mass is 32.1. The van der Waals surface area contributed by atoms with E-state index in [9.17, 15) is 0 Å². The van der Waals surface area contributed by atoms with Gasteiger partial charge < -0.3 is 0 Å². The molecule has 0 saturated heterocycles. The van der Waals surface area contributed by atoms with Crippen molar-refractivity contribution in [3.8, 4) is 0 Å². The molecule has 0 unspecified atom stereocenters. The number of thiol groups is 1. The predicted molar refractivity (Wildman–Crippen MR) is 85.4 cm³/mol. The summed E-state index contributed by atoms with van der Waals surface area (Å²) in [6.07, 6.45) is 5.46. The SMILES string of the molecule is Cc1ccc(C2=CC=C(c3ccc(S)cc3)C2)cc1. The molecule has 0 bridgehead atoms.